The van der Waals surface area contributed by atoms with Crippen LogP contribution in [-0.4, -0.2) is 28.9 Å². The third kappa shape index (κ3) is 3.77. The lowest BCUT2D eigenvalue weighted by Crippen LogP contribution is -2.58. The van der Waals surface area contributed by atoms with E-state index < -0.39 is 17.4 Å². The van der Waals surface area contributed by atoms with Crippen LogP contribution in [-0.2, 0) is 16.0 Å². The SMILES string of the molecule is C=C1[C@H](C)[C@@H]2[C@@H](Cc3ccccc3)NC(=O)[C@@]23C(=O)CC[C@@H](C)C[C@H](C)CC=C[C@@H]3[C@H]1O. The fourth-order valence-electron chi connectivity index (χ4n) is 6.69. The van der Waals surface area contributed by atoms with Gasteiger partial charge in [-0.2, -0.15) is 0 Å². The second-order valence-electron chi connectivity index (χ2n) is 10.6. The number of allylic oxidation sites excluding steroid dienone is 1. The van der Waals surface area contributed by atoms with Crippen molar-refractivity contribution in [2.45, 2.75) is 65.0 Å². The van der Waals surface area contributed by atoms with Crippen LogP contribution in [0.4, 0.5) is 0 Å². The van der Waals surface area contributed by atoms with Crippen molar-refractivity contribution >= 4 is 11.7 Å². The summed E-state index contributed by atoms with van der Waals surface area (Å²) in [6.07, 6.45) is 6.94. The van der Waals surface area contributed by atoms with Gasteiger partial charge in [-0.15, -0.1) is 0 Å². The van der Waals surface area contributed by atoms with Gasteiger partial charge in [0.05, 0.1) is 6.10 Å². The molecular weight excluding hydrogens is 398 g/mol. The number of nitrogens with one attached hydrogen (secondary N) is 1. The molecule has 32 heavy (non-hydrogen) atoms. The molecule has 172 valence electrons. The van der Waals surface area contributed by atoms with Crippen LogP contribution in [0.25, 0.3) is 0 Å². The van der Waals surface area contributed by atoms with Gasteiger partial charge in [0.2, 0.25) is 5.91 Å². The summed E-state index contributed by atoms with van der Waals surface area (Å²) in [6.45, 7) is 10.7. The third-order valence-corrected chi connectivity index (χ3v) is 8.33. The minimum Gasteiger partial charge on any atom is -0.388 e. The standard InChI is InChI=1S/C28H37NO3/c1-17-9-8-12-22-26(31)20(4)19(3)25-23(16-21-10-6-5-7-11-21)29-27(32)28(22,25)24(30)14-13-18(2)15-17/h5-8,10-12,17-19,22-23,25-26,31H,4,9,13-16H2,1-3H3,(H,29,32)/t17-,18-,19+,22-,23-,25-,26+,28+/m1/s1. The number of Topliss-reactive ketones (excluding diaryl/α,β-unsaturated/α-hetero) is 1. The maximum Gasteiger partial charge on any atom is 0.235 e. The molecule has 1 spiro atoms. The number of hydrogen-bond donors (Lipinski definition) is 2. The van der Waals surface area contributed by atoms with E-state index in [4.69, 9.17) is 0 Å². The molecule has 4 heteroatoms. The van der Waals surface area contributed by atoms with Crippen molar-refractivity contribution in [1.82, 2.24) is 5.32 Å². The monoisotopic (exact) mass is 435 g/mol. The molecule has 8 atom stereocenters. The van der Waals surface area contributed by atoms with E-state index in [0.717, 1.165) is 30.4 Å². The van der Waals surface area contributed by atoms with Gasteiger partial charge >= 0.3 is 0 Å². The first-order valence-corrected chi connectivity index (χ1v) is 12.2. The van der Waals surface area contributed by atoms with Crippen molar-refractivity contribution in [1.29, 1.82) is 0 Å². The minimum absolute atomic E-state index is 0.00925. The van der Waals surface area contributed by atoms with Crippen LogP contribution in [0.5, 0.6) is 0 Å². The van der Waals surface area contributed by atoms with Crippen molar-refractivity contribution in [2.24, 2.45) is 35.0 Å². The normalized spacial score (nSPS) is 40.2. The van der Waals surface area contributed by atoms with Gasteiger partial charge in [0.25, 0.3) is 0 Å². The topological polar surface area (TPSA) is 66.4 Å². The predicted octanol–water partition coefficient (Wildman–Crippen LogP) is 4.48. The predicted molar refractivity (Wildman–Crippen MR) is 127 cm³/mol. The molecule has 1 aromatic rings. The summed E-state index contributed by atoms with van der Waals surface area (Å²) in [5, 5.41) is 14.5. The third-order valence-electron chi connectivity index (χ3n) is 8.33. The van der Waals surface area contributed by atoms with Crippen LogP contribution in [0.2, 0.25) is 0 Å². The van der Waals surface area contributed by atoms with E-state index in [-0.39, 0.29) is 29.6 Å². The Bertz CT molecular complexity index is 907. The molecule has 0 radical (unpaired) electrons. The molecule has 1 saturated carbocycles. The fraction of sp³-hybridized carbons (Fsp3) is 0.571. The molecule has 4 nitrogen and oxygen atoms in total. The lowest BCUT2D eigenvalue weighted by molar-refractivity contribution is -0.151. The first kappa shape index (κ1) is 23.0. The van der Waals surface area contributed by atoms with Crippen molar-refractivity contribution in [3.05, 3.63) is 60.2 Å². The molecule has 0 aromatic heterocycles. The first-order valence-electron chi connectivity index (χ1n) is 12.2. The van der Waals surface area contributed by atoms with Crippen LogP contribution in [0, 0.1) is 35.0 Å². The van der Waals surface area contributed by atoms with E-state index in [1.54, 1.807) is 0 Å². The Labute approximate surface area is 192 Å². The van der Waals surface area contributed by atoms with Gasteiger partial charge in [0.1, 0.15) is 11.2 Å². The summed E-state index contributed by atoms with van der Waals surface area (Å²) >= 11 is 0. The molecule has 1 heterocycles. The van der Waals surface area contributed by atoms with E-state index in [2.05, 4.69) is 44.0 Å². The lowest BCUT2D eigenvalue weighted by Gasteiger charge is -2.49. The van der Waals surface area contributed by atoms with Gasteiger partial charge in [-0.1, -0.05) is 69.8 Å². The van der Waals surface area contributed by atoms with Gasteiger partial charge < -0.3 is 10.4 Å². The zero-order valence-corrected chi connectivity index (χ0v) is 19.6. The first-order chi connectivity index (χ1) is 15.3. The quantitative estimate of drug-likeness (QED) is 0.532. The molecule has 1 aliphatic heterocycles. The molecule has 1 saturated heterocycles. The van der Waals surface area contributed by atoms with Crippen LogP contribution >= 0.6 is 0 Å². The number of hydrogen-bond acceptors (Lipinski definition) is 3. The Morgan fingerprint density at radius 2 is 1.84 bits per heavy atom. The van der Waals surface area contributed by atoms with E-state index in [1.807, 2.05) is 31.2 Å². The number of benzene rings is 1. The Balaban J connectivity index is 1.81. The number of aliphatic hydroxyl groups is 1. The Morgan fingerprint density at radius 3 is 2.56 bits per heavy atom. The summed E-state index contributed by atoms with van der Waals surface area (Å²) < 4.78 is 0. The second kappa shape index (κ2) is 8.97. The van der Waals surface area contributed by atoms with Crippen LogP contribution in [0.1, 0.15) is 52.0 Å². The Kier molecular flexibility index (Phi) is 6.44. The summed E-state index contributed by atoms with van der Waals surface area (Å²) in [6, 6.07) is 9.95. The van der Waals surface area contributed by atoms with E-state index in [1.165, 1.54) is 0 Å². The largest absolute Gasteiger partial charge is 0.388 e. The molecule has 3 aliphatic rings. The van der Waals surface area contributed by atoms with Crippen molar-refractivity contribution < 1.29 is 14.7 Å². The number of rotatable bonds is 2. The maximum atomic E-state index is 14.0. The summed E-state index contributed by atoms with van der Waals surface area (Å²) in [5.74, 6) is -0.197. The molecule has 2 N–H and O–H groups in total. The Morgan fingerprint density at radius 1 is 1.12 bits per heavy atom. The highest BCUT2D eigenvalue weighted by Crippen LogP contribution is 2.57. The van der Waals surface area contributed by atoms with E-state index >= 15 is 0 Å². The maximum absolute atomic E-state index is 14.0. The van der Waals surface area contributed by atoms with Gasteiger partial charge in [-0.3, -0.25) is 9.59 Å². The van der Waals surface area contributed by atoms with Gasteiger partial charge in [-0.25, -0.2) is 0 Å². The van der Waals surface area contributed by atoms with Crippen LogP contribution < -0.4 is 5.32 Å². The smallest absolute Gasteiger partial charge is 0.235 e. The highest BCUT2D eigenvalue weighted by atomic mass is 16.3. The average molecular weight is 436 g/mol. The molecule has 1 aromatic carbocycles. The van der Waals surface area contributed by atoms with Crippen molar-refractivity contribution in [3.63, 3.8) is 0 Å². The molecule has 4 rings (SSSR count). The average Bonchev–Trinajstić information content (AvgIpc) is 3.04. The number of carbonyl (C=O) groups excluding carboxylic acids is 2. The van der Waals surface area contributed by atoms with Gasteiger partial charge in [-0.05, 0) is 54.6 Å². The van der Waals surface area contributed by atoms with E-state index in [0.29, 0.717) is 24.7 Å². The minimum atomic E-state index is -1.23. The highest BCUT2D eigenvalue weighted by Gasteiger charge is 2.68. The molecule has 1 amide bonds. The van der Waals surface area contributed by atoms with E-state index in [9.17, 15) is 14.7 Å². The van der Waals surface area contributed by atoms with Crippen LogP contribution in [0.3, 0.4) is 0 Å². The zero-order valence-electron chi connectivity index (χ0n) is 19.6. The summed E-state index contributed by atoms with van der Waals surface area (Å²) in [5.41, 5.74) is 0.639. The van der Waals surface area contributed by atoms with Gasteiger partial charge in [0.15, 0.2) is 0 Å². The lowest BCUT2D eigenvalue weighted by atomic mass is 9.51. The molecule has 0 unspecified atom stereocenters. The fourth-order valence-corrected chi connectivity index (χ4v) is 6.69. The Hall–Kier alpha value is -2.20. The number of aliphatic hydroxyl groups excluding tert-OH is 1. The second-order valence-corrected chi connectivity index (χ2v) is 10.6. The van der Waals surface area contributed by atoms with Crippen molar-refractivity contribution in [2.75, 3.05) is 0 Å². The molecule has 2 aliphatic carbocycles. The number of amides is 1. The number of ketones is 1. The van der Waals surface area contributed by atoms with Crippen LogP contribution in [0.15, 0.2) is 54.6 Å². The highest BCUT2D eigenvalue weighted by molar-refractivity contribution is 6.09. The summed E-state index contributed by atoms with van der Waals surface area (Å²) in [4.78, 5) is 27.7. The molecule has 2 fully saturated rings. The number of carbonyl (C=O) groups is 2. The molecular formula is C28H37NO3. The van der Waals surface area contributed by atoms with Gasteiger partial charge in [0, 0.05) is 24.3 Å². The zero-order chi connectivity index (χ0) is 23.0. The summed E-state index contributed by atoms with van der Waals surface area (Å²) in [7, 11) is 0. The molecule has 0 bridgehead atoms. The van der Waals surface area contributed by atoms with Crippen molar-refractivity contribution in [3.8, 4) is 0 Å².